The molecule has 0 fully saturated rings. The number of amides is 3. The fourth-order valence-corrected chi connectivity index (χ4v) is 4.53. The van der Waals surface area contributed by atoms with Crippen molar-refractivity contribution in [1.82, 2.24) is 10.2 Å². The van der Waals surface area contributed by atoms with Crippen LogP contribution in [-0.2, 0) is 14.3 Å². The van der Waals surface area contributed by atoms with E-state index < -0.39 is 23.8 Å². The molecule has 7 nitrogen and oxygen atoms in total. The van der Waals surface area contributed by atoms with Crippen LogP contribution in [0.25, 0.3) is 0 Å². The number of rotatable bonds is 10. The fourth-order valence-electron chi connectivity index (χ4n) is 4.26. The molecule has 2 atom stereocenters. The second-order valence-electron chi connectivity index (χ2n) is 10.8. The number of nitrogens with one attached hydrogen (secondary N) is 2. The van der Waals surface area contributed by atoms with E-state index in [1.165, 1.54) is 0 Å². The number of carbonyl (C=O) groups excluding carboxylic acids is 3. The van der Waals surface area contributed by atoms with Crippen molar-refractivity contribution in [2.75, 3.05) is 11.9 Å². The van der Waals surface area contributed by atoms with Crippen LogP contribution in [-0.4, -0.2) is 41.0 Å². The summed E-state index contributed by atoms with van der Waals surface area (Å²) in [7, 11) is 0. The second kappa shape index (κ2) is 13.7. The molecule has 0 radical (unpaired) electrons. The quantitative estimate of drug-likeness (QED) is 0.320. The SMILES string of the molecule is CCCCCN(C(=O)C(C)NC(=O)OC(C)(C)C)C(C(=O)Nc1c(C)cccc1Cl)c1ccc(C)cc1C. The predicted molar refractivity (Wildman–Crippen MR) is 154 cm³/mol. The number of anilines is 1. The molecule has 3 amide bonds. The van der Waals surface area contributed by atoms with Gasteiger partial charge in [0.05, 0.1) is 10.7 Å². The highest BCUT2D eigenvalue weighted by atomic mass is 35.5. The molecule has 2 unspecified atom stereocenters. The summed E-state index contributed by atoms with van der Waals surface area (Å²) >= 11 is 6.42. The van der Waals surface area contributed by atoms with Crippen molar-refractivity contribution >= 4 is 35.2 Å². The minimum atomic E-state index is -0.932. The minimum absolute atomic E-state index is 0.347. The molecular formula is C30H42ClN3O4. The molecule has 208 valence electrons. The highest BCUT2D eigenvalue weighted by Crippen LogP contribution is 2.31. The van der Waals surface area contributed by atoms with Gasteiger partial charge in [-0.3, -0.25) is 9.59 Å². The summed E-state index contributed by atoms with van der Waals surface area (Å²) in [5.41, 5.74) is 3.27. The van der Waals surface area contributed by atoms with E-state index in [-0.39, 0.29) is 11.8 Å². The van der Waals surface area contributed by atoms with Gasteiger partial charge in [0.25, 0.3) is 5.91 Å². The van der Waals surface area contributed by atoms with Gasteiger partial charge in [0.15, 0.2) is 0 Å². The van der Waals surface area contributed by atoms with Crippen LogP contribution in [0.4, 0.5) is 10.5 Å². The molecule has 2 N–H and O–H groups in total. The van der Waals surface area contributed by atoms with Gasteiger partial charge in [-0.15, -0.1) is 0 Å². The van der Waals surface area contributed by atoms with Gasteiger partial charge in [-0.1, -0.05) is 67.3 Å². The van der Waals surface area contributed by atoms with E-state index in [1.807, 2.05) is 51.1 Å². The molecular weight excluding hydrogens is 502 g/mol. The summed E-state index contributed by atoms with van der Waals surface area (Å²) in [6, 6.07) is 9.37. The molecule has 2 aromatic carbocycles. The molecule has 0 aromatic heterocycles. The molecule has 0 aliphatic carbocycles. The number of aryl methyl sites for hydroxylation is 3. The van der Waals surface area contributed by atoms with Crippen molar-refractivity contribution < 1.29 is 19.1 Å². The first-order valence-electron chi connectivity index (χ1n) is 13.2. The molecule has 38 heavy (non-hydrogen) atoms. The number of unbranched alkanes of at least 4 members (excludes halogenated alkanes) is 2. The Kier molecular flexibility index (Phi) is 11.2. The van der Waals surface area contributed by atoms with Crippen LogP contribution in [0.3, 0.4) is 0 Å². The number of alkyl carbamates (subject to hydrolysis) is 1. The maximum atomic E-state index is 14.0. The lowest BCUT2D eigenvalue weighted by Crippen LogP contribution is -2.51. The van der Waals surface area contributed by atoms with Crippen molar-refractivity contribution in [3.05, 3.63) is 63.7 Å². The zero-order chi connectivity index (χ0) is 28.6. The van der Waals surface area contributed by atoms with Gasteiger partial charge < -0.3 is 20.3 Å². The largest absolute Gasteiger partial charge is 0.444 e. The third-order valence-electron chi connectivity index (χ3n) is 6.14. The van der Waals surface area contributed by atoms with E-state index in [9.17, 15) is 14.4 Å². The minimum Gasteiger partial charge on any atom is -0.444 e. The van der Waals surface area contributed by atoms with Gasteiger partial charge in [0.1, 0.15) is 17.7 Å². The molecule has 0 bridgehead atoms. The average Bonchev–Trinajstić information content (AvgIpc) is 2.80. The van der Waals surface area contributed by atoms with Crippen molar-refractivity contribution in [1.29, 1.82) is 0 Å². The van der Waals surface area contributed by atoms with E-state index in [2.05, 4.69) is 17.6 Å². The molecule has 0 saturated carbocycles. The first-order valence-corrected chi connectivity index (χ1v) is 13.6. The van der Waals surface area contributed by atoms with Gasteiger partial charge in [-0.05, 0) is 77.6 Å². The Morgan fingerprint density at radius 1 is 1.03 bits per heavy atom. The van der Waals surface area contributed by atoms with Crippen LogP contribution in [0.15, 0.2) is 36.4 Å². The molecule has 0 heterocycles. The Morgan fingerprint density at radius 3 is 2.29 bits per heavy atom. The normalized spacial score (nSPS) is 12.9. The molecule has 0 aliphatic heterocycles. The van der Waals surface area contributed by atoms with Gasteiger partial charge in [0.2, 0.25) is 5.91 Å². The van der Waals surface area contributed by atoms with Crippen LogP contribution in [0, 0.1) is 20.8 Å². The number of benzene rings is 2. The third-order valence-corrected chi connectivity index (χ3v) is 6.45. The Hall–Kier alpha value is -3.06. The monoisotopic (exact) mass is 543 g/mol. The molecule has 2 rings (SSSR count). The van der Waals surface area contributed by atoms with Crippen LogP contribution in [0.5, 0.6) is 0 Å². The molecule has 0 saturated heterocycles. The Morgan fingerprint density at radius 2 is 1.71 bits per heavy atom. The smallest absolute Gasteiger partial charge is 0.408 e. The van der Waals surface area contributed by atoms with Gasteiger partial charge in [-0.2, -0.15) is 0 Å². The maximum Gasteiger partial charge on any atom is 0.408 e. The van der Waals surface area contributed by atoms with E-state index >= 15 is 0 Å². The summed E-state index contributed by atoms with van der Waals surface area (Å²) in [5.74, 6) is -0.745. The van der Waals surface area contributed by atoms with E-state index in [1.54, 1.807) is 38.7 Å². The lowest BCUT2D eigenvalue weighted by Gasteiger charge is -2.34. The van der Waals surface area contributed by atoms with Gasteiger partial charge in [-0.25, -0.2) is 4.79 Å². The van der Waals surface area contributed by atoms with Crippen molar-refractivity contribution in [3.63, 3.8) is 0 Å². The van der Waals surface area contributed by atoms with E-state index in [0.717, 1.165) is 29.5 Å². The Balaban J connectivity index is 2.53. The fraction of sp³-hybridized carbons (Fsp3) is 0.500. The summed E-state index contributed by atoms with van der Waals surface area (Å²) in [4.78, 5) is 41.9. The highest BCUT2D eigenvalue weighted by molar-refractivity contribution is 6.34. The van der Waals surface area contributed by atoms with Crippen molar-refractivity contribution in [2.24, 2.45) is 0 Å². The summed E-state index contributed by atoms with van der Waals surface area (Å²) < 4.78 is 5.35. The predicted octanol–water partition coefficient (Wildman–Crippen LogP) is 6.88. The van der Waals surface area contributed by atoms with Crippen LogP contribution in [0.2, 0.25) is 5.02 Å². The summed E-state index contributed by atoms with van der Waals surface area (Å²) in [5, 5.41) is 6.04. The number of carbonyl (C=O) groups is 3. The first kappa shape index (κ1) is 31.2. The van der Waals surface area contributed by atoms with Gasteiger partial charge >= 0.3 is 6.09 Å². The zero-order valence-electron chi connectivity index (χ0n) is 23.9. The standard InChI is InChI=1S/C30H42ClN3O4/c1-9-10-11-17-34(28(36)22(5)32-29(37)38-30(6,7)8)26(23-16-15-19(2)18-21(23)4)27(35)33-25-20(3)13-12-14-24(25)31/h12-16,18,22,26H,9-11,17H2,1-8H3,(H,32,37)(H,33,35). The second-order valence-corrected chi connectivity index (χ2v) is 11.2. The molecule has 2 aromatic rings. The lowest BCUT2D eigenvalue weighted by atomic mass is 9.96. The number of para-hydroxylation sites is 1. The maximum absolute atomic E-state index is 14.0. The van der Waals surface area contributed by atoms with Gasteiger partial charge in [0, 0.05) is 6.54 Å². The first-order chi connectivity index (χ1) is 17.7. The Bertz CT molecular complexity index is 1120. The average molecular weight is 544 g/mol. The summed E-state index contributed by atoms with van der Waals surface area (Å²) in [6.07, 6.45) is 1.86. The van der Waals surface area contributed by atoms with Crippen molar-refractivity contribution in [2.45, 2.75) is 92.3 Å². The number of nitrogens with zero attached hydrogens (tertiary/aromatic N) is 1. The third kappa shape index (κ3) is 8.76. The van der Waals surface area contributed by atoms with E-state index in [4.69, 9.17) is 16.3 Å². The zero-order valence-corrected chi connectivity index (χ0v) is 24.7. The summed E-state index contributed by atoms with van der Waals surface area (Å²) in [6.45, 7) is 15.1. The number of ether oxygens (including phenoxy) is 1. The number of hydrogen-bond donors (Lipinski definition) is 2. The van der Waals surface area contributed by atoms with Crippen LogP contribution in [0.1, 0.15) is 82.2 Å². The topological polar surface area (TPSA) is 87.7 Å². The van der Waals surface area contributed by atoms with E-state index in [0.29, 0.717) is 29.2 Å². The number of halogens is 1. The molecule has 0 aliphatic rings. The van der Waals surface area contributed by atoms with Crippen LogP contribution >= 0.6 is 11.6 Å². The van der Waals surface area contributed by atoms with Crippen molar-refractivity contribution in [3.8, 4) is 0 Å². The Labute approximate surface area is 232 Å². The van der Waals surface area contributed by atoms with Crippen LogP contribution < -0.4 is 10.6 Å². The highest BCUT2D eigenvalue weighted by Gasteiger charge is 2.35. The lowest BCUT2D eigenvalue weighted by molar-refractivity contribution is -0.140. The molecule has 0 spiro atoms. The molecule has 8 heteroatoms. The number of hydrogen-bond acceptors (Lipinski definition) is 4.